The molecule has 1 aliphatic heterocycles. The summed E-state index contributed by atoms with van der Waals surface area (Å²) in [6, 6.07) is 18.4. The first-order valence-corrected chi connectivity index (χ1v) is 11.1. The van der Waals surface area contributed by atoms with Gasteiger partial charge in [0.05, 0.1) is 11.4 Å². The maximum absolute atomic E-state index is 13.0. The second-order valence-corrected chi connectivity index (χ2v) is 8.01. The fraction of sp³-hybridized carbons (Fsp3) is 0.304. The molecule has 1 N–H and O–H groups in total. The van der Waals surface area contributed by atoms with Crippen molar-refractivity contribution in [3.05, 3.63) is 65.9 Å². The fourth-order valence-corrected chi connectivity index (χ4v) is 4.76. The van der Waals surface area contributed by atoms with Crippen molar-refractivity contribution in [2.24, 2.45) is 0 Å². The average Bonchev–Trinajstić information content (AvgIpc) is 3.17. The minimum Gasteiger partial charge on any atom is -0.349 e. The van der Waals surface area contributed by atoms with Crippen molar-refractivity contribution in [1.29, 1.82) is 0 Å². The molecule has 0 atom stereocenters. The summed E-state index contributed by atoms with van der Waals surface area (Å²) in [5, 5.41) is 7.85. The zero-order valence-electron chi connectivity index (χ0n) is 16.9. The van der Waals surface area contributed by atoms with Crippen molar-refractivity contribution in [1.82, 2.24) is 20.0 Å². The number of benzene rings is 2. The topological polar surface area (TPSA) is 50.2 Å². The summed E-state index contributed by atoms with van der Waals surface area (Å²) >= 11 is 1.77. The largest absolute Gasteiger partial charge is 0.349 e. The van der Waals surface area contributed by atoms with Crippen molar-refractivity contribution >= 4 is 17.7 Å². The minimum atomic E-state index is -0.0944. The van der Waals surface area contributed by atoms with Gasteiger partial charge in [-0.15, -0.1) is 11.8 Å². The number of aromatic nitrogens is 2. The van der Waals surface area contributed by atoms with Crippen LogP contribution in [0.2, 0.25) is 0 Å². The van der Waals surface area contributed by atoms with Crippen LogP contribution in [0.3, 0.4) is 0 Å². The number of rotatable bonds is 7. The van der Waals surface area contributed by atoms with Crippen LogP contribution in [0.1, 0.15) is 29.9 Å². The Morgan fingerprint density at radius 3 is 2.59 bits per heavy atom. The average molecular weight is 407 g/mol. The van der Waals surface area contributed by atoms with Gasteiger partial charge >= 0.3 is 0 Å². The molecule has 0 fully saturated rings. The summed E-state index contributed by atoms with van der Waals surface area (Å²) in [6.07, 6.45) is 0. The lowest BCUT2D eigenvalue weighted by atomic mass is 10.1. The summed E-state index contributed by atoms with van der Waals surface area (Å²) in [7, 11) is 0. The molecule has 1 aliphatic rings. The Morgan fingerprint density at radius 2 is 1.83 bits per heavy atom. The number of para-hydroxylation sites is 1. The summed E-state index contributed by atoms with van der Waals surface area (Å²) in [4.78, 5) is 16.5. The van der Waals surface area contributed by atoms with Crippen LogP contribution < -0.4 is 5.32 Å². The zero-order chi connectivity index (χ0) is 20.2. The first-order chi connectivity index (χ1) is 14.2. The Morgan fingerprint density at radius 1 is 1.10 bits per heavy atom. The van der Waals surface area contributed by atoms with Gasteiger partial charge in [0.2, 0.25) is 0 Å². The van der Waals surface area contributed by atoms with Crippen LogP contribution in [-0.2, 0) is 5.75 Å². The van der Waals surface area contributed by atoms with E-state index in [0.717, 1.165) is 47.9 Å². The van der Waals surface area contributed by atoms with E-state index >= 15 is 0 Å². The standard InChI is InChI=1S/C23H26N4OS/c1-3-26(4-2)15-14-24-23(28)21-19-16-29-20-13-9-8-12-18(20)22(19)27(25-21)17-10-6-5-7-11-17/h5-13H,3-4,14-16H2,1-2H3,(H,24,28). The quantitative estimate of drug-likeness (QED) is 0.638. The van der Waals surface area contributed by atoms with E-state index in [4.69, 9.17) is 5.10 Å². The third-order valence-corrected chi connectivity index (χ3v) is 6.42. The van der Waals surface area contributed by atoms with Gasteiger partial charge in [0, 0.05) is 34.9 Å². The van der Waals surface area contributed by atoms with Gasteiger partial charge in [-0.1, -0.05) is 50.2 Å². The van der Waals surface area contributed by atoms with Crippen LogP contribution in [0.25, 0.3) is 16.9 Å². The SMILES string of the molecule is CCN(CC)CCNC(=O)c1nn(-c2ccccc2)c2c1CSc1ccccc1-2. The van der Waals surface area contributed by atoms with Gasteiger partial charge in [-0.25, -0.2) is 4.68 Å². The second-order valence-electron chi connectivity index (χ2n) is 6.99. The lowest BCUT2D eigenvalue weighted by molar-refractivity contribution is 0.0943. The van der Waals surface area contributed by atoms with Gasteiger partial charge < -0.3 is 10.2 Å². The maximum Gasteiger partial charge on any atom is 0.272 e. The van der Waals surface area contributed by atoms with E-state index in [0.29, 0.717) is 12.2 Å². The molecular formula is C23H26N4OS. The Balaban J connectivity index is 1.70. The molecule has 1 aromatic heterocycles. The molecule has 2 heterocycles. The minimum absolute atomic E-state index is 0.0944. The number of hydrogen-bond acceptors (Lipinski definition) is 4. The first kappa shape index (κ1) is 19.7. The van der Waals surface area contributed by atoms with Crippen LogP contribution in [0.15, 0.2) is 59.5 Å². The maximum atomic E-state index is 13.0. The van der Waals surface area contributed by atoms with Crippen molar-refractivity contribution in [2.75, 3.05) is 26.2 Å². The van der Waals surface area contributed by atoms with E-state index in [1.54, 1.807) is 11.8 Å². The number of fused-ring (bicyclic) bond motifs is 3. The summed E-state index contributed by atoms with van der Waals surface area (Å²) < 4.78 is 1.92. The monoisotopic (exact) mass is 406 g/mol. The highest BCUT2D eigenvalue weighted by molar-refractivity contribution is 7.98. The zero-order valence-corrected chi connectivity index (χ0v) is 17.7. The van der Waals surface area contributed by atoms with Crippen molar-refractivity contribution in [2.45, 2.75) is 24.5 Å². The molecular weight excluding hydrogens is 380 g/mol. The lowest BCUT2D eigenvalue weighted by Gasteiger charge is -2.19. The smallest absolute Gasteiger partial charge is 0.272 e. The number of amides is 1. The Hall–Kier alpha value is -2.57. The molecule has 29 heavy (non-hydrogen) atoms. The second kappa shape index (κ2) is 8.84. The third-order valence-electron chi connectivity index (χ3n) is 5.32. The van der Waals surface area contributed by atoms with Crippen LogP contribution >= 0.6 is 11.8 Å². The van der Waals surface area contributed by atoms with E-state index < -0.39 is 0 Å². The molecule has 5 nitrogen and oxygen atoms in total. The Labute approximate surface area is 176 Å². The molecule has 0 saturated heterocycles. The van der Waals surface area contributed by atoms with Gasteiger partial charge in [0.1, 0.15) is 0 Å². The number of carbonyl (C=O) groups excluding carboxylic acids is 1. The number of carbonyl (C=O) groups is 1. The summed E-state index contributed by atoms with van der Waals surface area (Å²) in [6.45, 7) is 7.71. The molecule has 150 valence electrons. The van der Waals surface area contributed by atoms with Crippen molar-refractivity contribution < 1.29 is 4.79 Å². The molecule has 3 aromatic rings. The normalized spacial score (nSPS) is 12.5. The van der Waals surface area contributed by atoms with Gasteiger partial charge in [-0.3, -0.25) is 4.79 Å². The van der Waals surface area contributed by atoms with Crippen LogP contribution in [-0.4, -0.2) is 46.8 Å². The predicted molar refractivity (Wildman–Crippen MR) is 119 cm³/mol. The lowest BCUT2D eigenvalue weighted by Crippen LogP contribution is -2.35. The Kier molecular flexibility index (Phi) is 6.02. The number of nitrogens with one attached hydrogen (secondary N) is 1. The van der Waals surface area contributed by atoms with E-state index in [9.17, 15) is 4.79 Å². The third kappa shape index (κ3) is 3.95. The molecule has 0 spiro atoms. The van der Waals surface area contributed by atoms with Gasteiger partial charge in [0.25, 0.3) is 5.91 Å². The van der Waals surface area contributed by atoms with Crippen LogP contribution in [0, 0.1) is 0 Å². The Bertz CT molecular complexity index is 995. The fourth-order valence-electron chi connectivity index (χ4n) is 3.69. The molecule has 0 radical (unpaired) electrons. The number of thioether (sulfide) groups is 1. The molecule has 0 unspecified atom stereocenters. The summed E-state index contributed by atoms with van der Waals surface area (Å²) in [5.74, 6) is 0.654. The number of hydrogen-bond donors (Lipinski definition) is 1. The van der Waals surface area contributed by atoms with Crippen molar-refractivity contribution in [3.63, 3.8) is 0 Å². The summed E-state index contributed by atoms with van der Waals surface area (Å²) in [5.41, 5.74) is 4.67. The molecule has 1 amide bonds. The van der Waals surface area contributed by atoms with Gasteiger partial charge in [-0.2, -0.15) is 5.10 Å². The van der Waals surface area contributed by atoms with Gasteiger partial charge in [0.15, 0.2) is 5.69 Å². The van der Waals surface area contributed by atoms with Crippen LogP contribution in [0.5, 0.6) is 0 Å². The van der Waals surface area contributed by atoms with Crippen LogP contribution in [0.4, 0.5) is 0 Å². The molecule has 0 bridgehead atoms. The highest BCUT2D eigenvalue weighted by Gasteiger charge is 2.29. The highest BCUT2D eigenvalue weighted by atomic mass is 32.2. The molecule has 4 rings (SSSR count). The molecule has 0 saturated carbocycles. The molecule has 0 aliphatic carbocycles. The first-order valence-electron chi connectivity index (χ1n) is 10.1. The van der Waals surface area contributed by atoms with E-state index in [1.165, 1.54) is 4.90 Å². The molecule has 6 heteroatoms. The molecule has 2 aromatic carbocycles. The number of likely N-dealkylation sites (N-methyl/N-ethyl adjacent to an activating group) is 1. The number of nitrogens with zero attached hydrogens (tertiary/aromatic N) is 3. The van der Waals surface area contributed by atoms with E-state index in [2.05, 4.69) is 42.3 Å². The predicted octanol–water partition coefficient (Wildman–Crippen LogP) is 4.22. The van der Waals surface area contributed by atoms with Crippen molar-refractivity contribution in [3.8, 4) is 16.9 Å². The van der Waals surface area contributed by atoms with E-state index in [1.807, 2.05) is 41.1 Å². The van der Waals surface area contributed by atoms with E-state index in [-0.39, 0.29) is 5.91 Å². The van der Waals surface area contributed by atoms with Gasteiger partial charge in [-0.05, 0) is 31.3 Å². The highest BCUT2D eigenvalue weighted by Crippen LogP contribution is 2.43.